The molecule has 0 bridgehead atoms. The minimum absolute atomic E-state index is 0.118. The van der Waals surface area contributed by atoms with Crippen LogP contribution in [0.1, 0.15) is 17.3 Å². The molecular weight excluding hydrogens is 298 g/mol. The van der Waals surface area contributed by atoms with Crippen molar-refractivity contribution < 1.29 is 19.1 Å². The van der Waals surface area contributed by atoms with Crippen molar-refractivity contribution in [2.45, 2.75) is 19.1 Å². The summed E-state index contributed by atoms with van der Waals surface area (Å²) < 4.78 is 10.5. The lowest BCUT2D eigenvalue weighted by Crippen LogP contribution is -2.56. The van der Waals surface area contributed by atoms with Gasteiger partial charge in [-0.3, -0.25) is 9.59 Å². The van der Waals surface area contributed by atoms with Crippen molar-refractivity contribution in [2.75, 3.05) is 33.4 Å². The fourth-order valence-corrected chi connectivity index (χ4v) is 2.37. The predicted molar refractivity (Wildman–Crippen MR) is 85.5 cm³/mol. The van der Waals surface area contributed by atoms with E-state index in [4.69, 9.17) is 9.47 Å². The first-order valence-corrected chi connectivity index (χ1v) is 7.67. The highest BCUT2D eigenvalue weighted by atomic mass is 16.5. The summed E-state index contributed by atoms with van der Waals surface area (Å²) in [6.45, 7) is 3.85. The number of hydrogen-bond donors (Lipinski definition) is 3. The Bertz CT molecular complexity index is 550. The van der Waals surface area contributed by atoms with E-state index in [1.807, 2.05) is 6.92 Å². The summed E-state index contributed by atoms with van der Waals surface area (Å²) in [5.74, 6) is 0.307. The topological polar surface area (TPSA) is 88.7 Å². The Hall–Kier alpha value is -2.12. The maximum atomic E-state index is 12.0. The highest BCUT2D eigenvalue weighted by Crippen LogP contribution is 2.12. The molecule has 1 heterocycles. The van der Waals surface area contributed by atoms with Crippen LogP contribution < -0.4 is 20.7 Å². The molecule has 0 spiro atoms. The van der Waals surface area contributed by atoms with Crippen LogP contribution in [0.4, 0.5) is 0 Å². The van der Waals surface area contributed by atoms with Crippen LogP contribution in [0, 0.1) is 0 Å². The zero-order chi connectivity index (χ0) is 16.7. The fraction of sp³-hybridized carbons (Fsp3) is 0.500. The van der Waals surface area contributed by atoms with Crippen LogP contribution in [0.2, 0.25) is 0 Å². The third kappa shape index (κ3) is 4.94. The van der Waals surface area contributed by atoms with Crippen molar-refractivity contribution in [3.05, 3.63) is 29.8 Å². The van der Waals surface area contributed by atoms with Crippen molar-refractivity contribution >= 4 is 11.8 Å². The van der Waals surface area contributed by atoms with E-state index in [1.165, 1.54) is 0 Å². The number of nitrogens with one attached hydrogen (secondary N) is 3. The molecule has 0 aliphatic carbocycles. The van der Waals surface area contributed by atoms with E-state index in [9.17, 15) is 9.59 Å². The van der Waals surface area contributed by atoms with Crippen molar-refractivity contribution in [3.8, 4) is 5.75 Å². The van der Waals surface area contributed by atoms with Crippen molar-refractivity contribution in [1.82, 2.24) is 16.0 Å². The van der Waals surface area contributed by atoms with Gasteiger partial charge in [0, 0.05) is 25.2 Å². The van der Waals surface area contributed by atoms with Crippen LogP contribution in [0.25, 0.3) is 0 Å². The van der Waals surface area contributed by atoms with E-state index < -0.39 is 0 Å². The van der Waals surface area contributed by atoms with E-state index >= 15 is 0 Å². The number of methoxy groups -OCH3 is 1. The quantitative estimate of drug-likeness (QED) is 0.638. The number of amides is 2. The first-order chi connectivity index (χ1) is 11.1. The summed E-state index contributed by atoms with van der Waals surface area (Å²) in [5.41, 5.74) is 0.520. The molecule has 7 nitrogen and oxygen atoms in total. The molecule has 1 aliphatic rings. The first-order valence-electron chi connectivity index (χ1n) is 7.67. The lowest BCUT2D eigenvalue weighted by Gasteiger charge is -2.29. The van der Waals surface area contributed by atoms with Gasteiger partial charge in [0.2, 0.25) is 5.91 Å². The van der Waals surface area contributed by atoms with Gasteiger partial charge in [-0.15, -0.1) is 0 Å². The van der Waals surface area contributed by atoms with Gasteiger partial charge in [0.05, 0.1) is 19.8 Å². The minimum Gasteiger partial charge on any atom is -0.497 e. The molecule has 3 N–H and O–H groups in total. The highest BCUT2D eigenvalue weighted by Gasteiger charge is 2.27. The summed E-state index contributed by atoms with van der Waals surface area (Å²) >= 11 is 0. The van der Waals surface area contributed by atoms with Gasteiger partial charge in [0.15, 0.2) is 0 Å². The summed E-state index contributed by atoms with van der Waals surface area (Å²) in [6.07, 6.45) is -0.157. The lowest BCUT2D eigenvalue weighted by atomic mass is 10.1. The number of ether oxygens (including phenoxy) is 2. The van der Waals surface area contributed by atoms with E-state index in [0.717, 1.165) is 0 Å². The number of benzene rings is 1. The van der Waals surface area contributed by atoms with Crippen LogP contribution in [0.3, 0.4) is 0 Å². The third-order valence-electron chi connectivity index (χ3n) is 3.64. The first kappa shape index (κ1) is 17.2. The zero-order valence-electron chi connectivity index (χ0n) is 13.4. The van der Waals surface area contributed by atoms with Crippen LogP contribution in [0.5, 0.6) is 5.75 Å². The van der Waals surface area contributed by atoms with Crippen LogP contribution in [-0.4, -0.2) is 57.3 Å². The predicted octanol–water partition coefficient (Wildman–Crippen LogP) is -0.0819. The zero-order valence-corrected chi connectivity index (χ0v) is 13.4. The molecule has 126 valence electrons. The number of rotatable bonds is 6. The second kappa shape index (κ2) is 8.50. The lowest BCUT2D eigenvalue weighted by molar-refractivity contribution is -0.128. The van der Waals surface area contributed by atoms with Gasteiger partial charge >= 0.3 is 0 Å². The Kier molecular flexibility index (Phi) is 6.37. The smallest absolute Gasteiger partial charge is 0.251 e. The van der Waals surface area contributed by atoms with Gasteiger partial charge in [0.25, 0.3) is 5.91 Å². The van der Waals surface area contributed by atoms with E-state index in [2.05, 4.69) is 16.0 Å². The molecule has 0 unspecified atom stereocenters. The maximum Gasteiger partial charge on any atom is 0.251 e. The normalized spacial score (nSPS) is 20.6. The Morgan fingerprint density at radius 3 is 2.87 bits per heavy atom. The molecule has 2 atom stereocenters. The number of hydrogen-bond acceptors (Lipinski definition) is 5. The van der Waals surface area contributed by atoms with Gasteiger partial charge in [-0.1, -0.05) is 6.07 Å². The van der Waals surface area contributed by atoms with Gasteiger partial charge in [-0.05, 0) is 25.1 Å². The number of carbonyl (C=O) groups excluding carboxylic acids is 2. The molecule has 2 amide bonds. The van der Waals surface area contributed by atoms with Gasteiger partial charge < -0.3 is 25.4 Å². The maximum absolute atomic E-state index is 12.0. The van der Waals surface area contributed by atoms with E-state index in [1.54, 1.807) is 31.4 Å². The van der Waals surface area contributed by atoms with E-state index in [-0.39, 0.29) is 24.0 Å². The summed E-state index contributed by atoms with van der Waals surface area (Å²) in [6, 6.07) is 6.56. The molecule has 1 aromatic rings. The largest absolute Gasteiger partial charge is 0.497 e. The summed E-state index contributed by atoms with van der Waals surface area (Å²) in [4.78, 5) is 24.0. The molecule has 0 radical (unpaired) electrons. The van der Waals surface area contributed by atoms with Gasteiger partial charge in [-0.25, -0.2) is 0 Å². The summed E-state index contributed by atoms with van der Waals surface area (Å²) in [5, 5.41) is 8.67. The summed E-state index contributed by atoms with van der Waals surface area (Å²) in [7, 11) is 1.55. The van der Waals surface area contributed by atoms with Gasteiger partial charge in [-0.2, -0.15) is 0 Å². The molecular formula is C16H23N3O4. The van der Waals surface area contributed by atoms with Crippen molar-refractivity contribution in [1.29, 1.82) is 0 Å². The van der Waals surface area contributed by atoms with Crippen molar-refractivity contribution in [2.24, 2.45) is 0 Å². The second-order valence-electron chi connectivity index (χ2n) is 5.29. The SMILES string of the molecule is COc1cccc(C(=O)NCCNC(=O)[C@H]2NCCO[C@@H]2C)c1. The van der Waals surface area contributed by atoms with Crippen molar-refractivity contribution in [3.63, 3.8) is 0 Å². The third-order valence-corrected chi connectivity index (χ3v) is 3.64. The molecule has 1 aromatic carbocycles. The average Bonchev–Trinajstić information content (AvgIpc) is 2.58. The standard InChI is InChI=1S/C16H23N3O4/c1-11-14(17-8-9-23-11)16(21)19-7-6-18-15(20)12-4-3-5-13(10-12)22-2/h3-5,10-11,14,17H,6-9H2,1-2H3,(H,18,20)(H,19,21)/t11-,14+/m1/s1. The highest BCUT2D eigenvalue weighted by molar-refractivity contribution is 5.94. The Balaban J connectivity index is 1.72. The Morgan fingerprint density at radius 2 is 2.13 bits per heavy atom. The molecule has 1 aliphatic heterocycles. The second-order valence-corrected chi connectivity index (χ2v) is 5.29. The molecule has 2 rings (SSSR count). The molecule has 0 saturated carbocycles. The minimum atomic E-state index is -0.349. The Labute approximate surface area is 135 Å². The molecule has 1 fully saturated rings. The molecule has 23 heavy (non-hydrogen) atoms. The van der Waals surface area contributed by atoms with E-state index in [0.29, 0.717) is 37.6 Å². The Morgan fingerprint density at radius 1 is 1.35 bits per heavy atom. The van der Waals surface area contributed by atoms with Crippen LogP contribution in [0.15, 0.2) is 24.3 Å². The molecule has 1 saturated heterocycles. The molecule has 7 heteroatoms. The number of carbonyl (C=O) groups is 2. The number of morpholine rings is 1. The average molecular weight is 321 g/mol. The van der Waals surface area contributed by atoms with Crippen LogP contribution >= 0.6 is 0 Å². The molecule has 0 aromatic heterocycles. The van der Waals surface area contributed by atoms with Gasteiger partial charge in [0.1, 0.15) is 11.8 Å². The van der Waals surface area contributed by atoms with Crippen LogP contribution in [-0.2, 0) is 9.53 Å². The fourth-order valence-electron chi connectivity index (χ4n) is 2.37. The monoisotopic (exact) mass is 321 g/mol.